The van der Waals surface area contributed by atoms with Crippen LogP contribution in [-0.2, 0) is 6.42 Å². The Kier molecular flexibility index (Phi) is 3.42. The molecule has 82 valence electrons. The van der Waals surface area contributed by atoms with E-state index in [1.807, 2.05) is 0 Å². The van der Waals surface area contributed by atoms with E-state index in [0.717, 1.165) is 19.3 Å². The van der Waals surface area contributed by atoms with Gasteiger partial charge in [0.05, 0.1) is 6.10 Å². The standard InChI is InChI=1S/C14H20O/c1-2-11-7-3-4-8-12(11)13-9-5-6-10-14(13)15/h3-4,7-8,13-15H,2,5-6,9-10H2,1H3/t13-,14+/m0/s1. The first-order valence-corrected chi connectivity index (χ1v) is 6.08. The minimum absolute atomic E-state index is 0.119. The Bertz CT molecular complexity index is 319. The molecule has 0 saturated heterocycles. The number of aliphatic hydroxyl groups is 1. The Hall–Kier alpha value is -0.820. The molecule has 1 nitrogen and oxygen atoms in total. The number of rotatable bonds is 2. The van der Waals surface area contributed by atoms with Crippen molar-refractivity contribution in [3.05, 3.63) is 35.4 Å². The van der Waals surface area contributed by atoms with E-state index in [2.05, 4.69) is 31.2 Å². The second-order valence-electron chi connectivity index (χ2n) is 4.51. The molecule has 0 aromatic heterocycles. The van der Waals surface area contributed by atoms with Gasteiger partial charge in [-0.1, -0.05) is 44.0 Å². The number of hydrogen-bond acceptors (Lipinski definition) is 1. The second-order valence-corrected chi connectivity index (χ2v) is 4.51. The minimum atomic E-state index is -0.119. The third-order valence-corrected chi connectivity index (χ3v) is 3.56. The van der Waals surface area contributed by atoms with E-state index in [0.29, 0.717) is 5.92 Å². The fourth-order valence-electron chi connectivity index (χ4n) is 2.69. The minimum Gasteiger partial charge on any atom is -0.392 e. The van der Waals surface area contributed by atoms with E-state index in [1.54, 1.807) is 0 Å². The molecule has 0 heterocycles. The molecule has 2 atom stereocenters. The zero-order valence-electron chi connectivity index (χ0n) is 9.45. The molecule has 1 heteroatoms. The van der Waals surface area contributed by atoms with Gasteiger partial charge in [0.25, 0.3) is 0 Å². The van der Waals surface area contributed by atoms with E-state index < -0.39 is 0 Å². The van der Waals surface area contributed by atoms with Gasteiger partial charge in [-0.15, -0.1) is 0 Å². The molecule has 0 spiro atoms. The van der Waals surface area contributed by atoms with Gasteiger partial charge in [-0.2, -0.15) is 0 Å². The zero-order valence-corrected chi connectivity index (χ0v) is 9.45. The summed E-state index contributed by atoms with van der Waals surface area (Å²) in [4.78, 5) is 0. The molecule has 1 aliphatic rings. The van der Waals surface area contributed by atoms with Gasteiger partial charge in [0.1, 0.15) is 0 Å². The molecule has 0 amide bonds. The first-order valence-electron chi connectivity index (χ1n) is 6.08. The Morgan fingerprint density at radius 2 is 1.93 bits per heavy atom. The highest BCUT2D eigenvalue weighted by molar-refractivity contribution is 5.31. The Labute approximate surface area is 92.1 Å². The van der Waals surface area contributed by atoms with Gasteiger partial charge in [-0.3, -0.25) is 0 Å². The van der Waals surface area contributed by atoms with Gasteiger partial charge in [0, 0.05) is 5.92 Å². The summed E-state index contributed by atoms with van der Waals surface area (Å²) < 4.78 is 0. The number of hydrogen-bond donors (Lipinski definition) is 1. The van der Waals surface area contributed by atoms with Crippen LogP contribution in [0.2, 0.25) is 0 Å². The third-order valence-electron chi connectivity index (χ3n) is 3.56. The summed E-state index contributed by atoms with van der Waals surface area (Å²) in [5.41, 5.74) is 2.79. The average Bonchev–Trinajstić information content (AvgIpc) is 2.30. The monoisotopic (exact) mass is 204 g/mol. The second kappa shape index (κ2) is 4.80. The van der Waals surface area contributed by atoms with Crippen LogP contribution in [0.3, 0.4) is 0 Å². The van der Waals surface area contributed by atoms with Gasteiger partial charge < -0.3 is 5.11 Å². The van der Waals surface area contributed by atoms with Crippen LogP contribution in [0.5, 0.6) is 0 Å². The quantitative estimate of drug-likeness (QED) is 0.784. The number of aliphatic hydroxyl groups excluding tert-OH is 1. The summed E-state index contributed by atoms with van der Waals surface area (Å²) in [6, 6.07) is 8.57. The lowest BCUT2D eigenvalue weighted by molar-refractivity contribution is 0.106. The van der Waals surface area contributed by atoms with Crippen LogP contribution >= 0.6 is 0 Å². The fourth-order valence-corrected chi connectivity index (χ4v) is 2.69. The number of aryl methyl sites for hydroxylation is 1. The topological polar surface area (TPSA) is 20.2 Å². The van der Waals surface area contributed by atoms with Gasteiger partial charge in [0.2, 0.25) is 0 Å². The first kappa shape index (κ1) is 10.7. The number of benzene rings is 1. The molecule has 0 unspecified atom stereocenters. The van der Waals surface area contributed by atoms with Crippen molar-refractivity contribution < 1.29 is 5.11 Å². The van der Waals surface area contributed by atoms with Crippen LogP contribution in [0.4, 0.5) is 0 Å². The average molecular weight is 204 g/mol. The lowest BCUT2D eigenvalue weighted by atomic mass is 9.79. The van der Waals surface area contributed by atoms with Crippen molar-refractivity contribution in [3.63, 3.8) is 0 Å². The van der Waals surface area contributed by atoms with Crippen molar-refractivity contribution in [1.82, 2.24) is 0 Å². The molecule has 1 N–H and O–H groups in total. The lowest BCUT2D eigenvalue weighted by Gasteiger charge is -2.29. The summed E-state index contributed by atoms with van der Waals surface area (Å²) in [5, 5.41) is 10.0. The van der Waals surface area contributed by atoms with Crippen molar-refractivity contribution in [2.24, 2.45) is 0 Å². The van der Waals surface area contributed by atoms with Crippen LogP contribution in [-0.4, -0.2) is 11.2 Å². The summed E-state index contributed by atoms with van der Waals surface area (Å²) in [6.07, 6.45) is 5.53. The van der Waals surface area contributed by atoms with Crippen molar-refractivity contribution in [2.45, 2.75) is 51.0 Å². The van der Waals surface area contributed by atoms with E-state index in [4.69, 9.17) is 0 Å². The molecule has 0 radical (unpaired) electrons. The van der Waals surface area contributed by atoms with Crippen LogP contribution < -0.4 is 0 Å². The van der Waals surface area contributed by atoms with Crippen LogP contribution in [0.25, 0.3) is 0 Å². The molecule has 1 aliphatic carbocycles. The molecule has 2 rings (SSSR count). The fraction of sp³-hybridized carbons (Fsp3) is 0.571. The molecule has 0 bridgehead atoms. The smallest absolute Gasteiger partial charge is 0.0608 e. The molecule has 15 heavy (non-hydrogen) atoms. The van der Waals surface area contributed by atoms with Crippen LogP contribution in [0, 0.1) is 0 Å². The maximum absolute atomic E-state index is 10.0. The lowest BCUT2D eigenvalue weighted by Crippen LogP contribution is -2.23. The molecule has 1 saturated carbocycles. The molecule has 1 aromatic carbocycles. The van der Waals surface area contributed by atoms with Crippen LogP contribution in [0.15, 0.2) is 24.3 Å². The van der Waals surface area contributed by atoms with Crippen molar-refractivity contribution in [1.29, 1.82) is 0 Å². The maximum atomic E-state index is 10.0. The highest BCUT2D eigenvalue weighted by atomic mass is 16.3. The van der Waals surface area contributed by atoms with E-state index in [9.17, 15) is 5.11 Å². The first-order chi connectivity index (χ1) is 7.33. The highest BCUT2D eigenvalue weighted by Gasteiger charge is 2.25. The predicted molar refractivity (Wildman–Crippen MR) is 63.0 cm³/mol. The Morgan fingerprint density at radius 1 is 1.20 bits per heavy atom. The van der Waals surface area contributed by atoms with Crippen molar-refractivity contribution in [2.75, 3.05) is 0 Å². The Morgan fingerprint density at radius 3 is 2.67 bits per heavy atom. The van der Waals surface area contributed by atoms with Gasteiger partial charge >= 0.3 is 0 Å². The van der Waals surface area contributed by atoms with E-state index in [1.165, 1.54) is 24.0 Å². The maximum Gasteiger partial charge on any atom is 0.0608 e. The molecular weight excluding hydrogens is 184 g/mol. The normalized spacial score (nSPS) is 26.5. The van der Waals surface area contributed by atoms with Crippen LogP contribution in [0.1, 0.15) is 49.7 Å². The third kappa shape index (κ3) is 2.23. The summed E-state index contributed by atoms with van der Waals surface area (Å²) >= 11 is 0. The predicted octanol–water partition coefficient (Wildman–Crippen LogP) is 3.27. The summed E-state index contributed by atoms with van der Waals surface area (Å²) in [5.74, 6) is 0.384. The SMILES string of the molecule is CCc1ccccc1[C@@H]1CCCC[C@H]1O. The largest absolute Gasteiger partial charge is 0.392 e. The molecule has 0 aliphatic heterocycles. The van der Waals surface area contributed by atoms with Gasteiger partial charge in [-0.05, 0) is 30.4 Å². The molecular formula is C14H20O. The van der Waals surface area contributed by atoms with Gasteiger partial charge in [-0.25, -0.2) is 0 Å². The summed E-state index contributed by atoms with van der Waals surface area (Å²) in [7, 11) is 0. The zero-order chi connectivity index (χ0) is 10.7. The van der Waals surface area contributed by atoms with E-state index in [-0.39, 0.29) is 6.10 Å². The molecule has 1 fully saturated rings. The Balaban J connectivity index is 2.26. The van der Waals surface area contributed by atoms with Crippen molar-refractivity contribution in [3.8, 4) is 0 Å². The molecule has 1 aromatic rings. The summed E-state index contributed by atoms with van der Waals surface area (Å²) in [6.45, 7) is 2.19. The van der Waals surface area contributed by atoms with Gasteiger partial charge in [0.15, 0.2) is 0 Å². The van der Waals surface area contributed by atoms with Crippen molar-refractivity contribution >= 4 is 0 Å². The van der Waals surface area contributed by atoms with E-state index >= 15 is 0 Å². The highest BCUT2D eigenvalue weighted by Crippen LogP contribution is 2.34.